The van der Waals surface area contributed by atoms with Crippen molar-refractivity contribution in [2.45, 2.75) is 6.92 Å². The molecule has 3 aromatic carbocycles. The minimum absolute atomic E-state index is 0.0739. The number of hydrogen-bond donors (Lipinski definition) is 1. The van der Waals surface area contributed by atoms with Crippen molar-refractivity contribution in [3.8, 4) is 0 Å². The Morgan fingerprint density at radius 2 is 1.48 bits per heavy atom. The van der Waals surface area contributed by atoms with E-state index in [9.17, 15) is 19.7 Å². The topological polar surface area (TPSA) is 92.6 Å². The molecule has 2 amide bonds. The molecule has 146 valence electrons. The summed E-state index contributed by atoms with van der Waals surface area (Å²) in [5.74, 6) is -0.933. The fourth-order valence-electron chi connectivity index (χ4n) is 2.99. The van der Waals surface area contributed by atoms with E-state index in [1.807, 2.05) is 37.3 Å². The monoisotopic (exact) mass is 389 g/mol. The molecule has 1 N–H and O–H groups in total. The third-order valence-electron chi connectivity index (χ3n) is 4.38. The van der Waals surface area contributed by atoms with Crippen LogP contribution in [0.1, 0.15) is 27.6 Å². The number of carbonyl (C=O) groups excluding carboxylic acids is 2. The highest BCUT2D eigenvalue weighted by Gasteiger charge is 2.23. The molecule has 0 radical (unpaired) electrons. The van der Waals surface area contributed by atoms with Gasteiger partial charge in [-0.1, -0.05) is 42.5 Å². The molecule has 0 bridgehead atoms. The Kier molecular flexibility index (Phi) is 5.99. The van der Waals surface area contributed by atoms with Gasteiger partial charge in [-0.15, -0.1) is 0 Å². The molecule has 0 atom stereocenters. The number of nitrogens with one attached hydrogen (secondary N) is 1. The maximum absolute atomic E-state index is 13.2. The van der Waals surface area contributed by atoms with Crippen molar-refractivity contribution in [3.05, 3.63) is 100 Å². The van der Waals surface area contributed by atoms with E-state index < -0.39 is 10.8 Å². The minimum atomic E-state index is -0.652. The van der Waals surface area contributed by atoms with Gasteiger partial charge in [-0.05, 0) is 37.3 Å². The zero-order chi connectivity index (χ0) is 20.8. The average molecular weight is 389 g/mol. The summed E-state index contributed by atoms with van der Waals surface area (Å²) in [7, 11) is 0. The second-order valence-electron chi connectivity index (χ2n) is 6.16. The van der Waals surface area contributed by atoms with E-state index in [0.717, 1.165) is 5.69 Å². The summed E-state index contributed by atoms with van der Waals surface area (Å²) in [6.07, 6.45) is 0. The summed E-state index contributed by atoms with van der Waals surface area (Å²) < 4.78 is 0. The largest absolute Gasteiger partial charge is 0.321 e. The normalized spacial score (nSPS) is 10.2. The maximum Gasteiger partial charge on any atom is 0.282 e. The van der Waals surface area contributed by atoms with Gasteiger partial charge in [0, 0.05) is 18.3 Å². The van der Waals surface area contributed by atoms with Crippen molar-refractivity contribution in [1.29, 1.82) is 0 Å². The first-order chi connectivity index (χ1) is 14.0. The Balaban J connectivity index is 1.93. The third kappa shape index (κ3) is 4.30. The number of anilines is 2. The number of nitro benzene ring substituents is 1. The highest BCUT2D eigenvalue weighted by atomic mass is 16.6. The Bertz CT molecular complexity index is 1050. The number of amides is 2. The van der Waals surface area contributed by atoms with E-state index in [1.165, 1.54) is 18.2 Å². The third-order valence-corrected chi connectivity index (χ3v) is 4.38. The second-order valence-corrected chi connectivity index (χ2v) is 6.16. The molecular weight excluding hydrogens is 370 g/mol. The van der Waals surface area contributed by atoms with Gasteiger partial charge in [0.2, 0.25) is 0 Å². The molecule has 0 heterocycles. The van der Waals surface area contributed by atoms with E-state index in [1.54, 1.807) is 35.2 Å². The van der Waals surface area contributed by atoms with Gasteiger partial charge in [0.1, 0.15) is 5.56 Å². The van der Waals surface area contributed by atoms with Crippen LogP contribution in [-0.4, -0.2) is 23.3 Å². The average Bonchev–Trinajstić information content (AvgIpc) is 2.75. The molecule has 0 aliphatic rings. The van der Waals surface area contributed by atoms with Crippen molar-refractivity contribution in [3.63, 3.8) is 0 Å². The number of benzene rings is 3. The van der Waals surface area contributed by atoms with Crippen LogP contribution in [0.4, 0.5) is 17.1 Å². The number of hydrogen-bond acceptors (Lipinski definition) is 4. The number of nitro groups is 1. The molecule has 3 rings (SSSR count). The lowest BCUT2D eigenvalue weighted by atomic mass is 10.1. The van der Waals surface area contributed by atoms with Crippen molar-refractivity contribution in [2.75, 3.05) is 16.8 Å². The molecule has 0 aromatic heterocycles. The highest BCUT2D eigenvalue weighted by Crippen LogP contribution is 2.24. The Morgan fingerprint density at radius 1 is 0.897 bits per heavy atom. The van der Waals surface area contributed by atoms with E-state index in [2.05, 4.69) is 5.32 Å². The summed E-state index contributed by atoms with van der Waals surface area (Å²) in [5.41, 5.74) is 0.948. The van der Waals surface area contributed by atoms with Crippen LogP contribution in [0.25, 0.3) is 0 Å². The highest BCUT2D eigenvalue weighted by molar-refractivity contribution is 6.14. The second kappa shape index (κ2) is 8.79. The molecule has 0 saturated heterocycles. The molecule has 0 unspecified atom stereocenters. The zero-order valence-electron chi connectivity index (χ0n) is 15.7. The van der Waals surface area contributed by atoms with E-state index >= 15 is 0 Å². The molecule has 29 heavy (non-hydrogen) atoms. The first-order valence-corrected chi connectivity index (χ1v) is 9.03. The van der Waals surface area contributed by atoms with Crippen LogP contribution in [0.2, 0.25) is 0 Å². The van der Waals surface area contributed by atoms with Crippen LogP contribution < -0.4 is 10.2 Å². The molecular formula is C22H19N3O4. The summed E-state index contributed by atoms with van der Waals surface area (Å²) in [5, 5.41) is 13.8. The summed E-state index contributed by atoms with van der Waals surface area (Å²) in [6.45, 7) is 2.30. The first-order valence-electron chi connectivity index (χ1n) is 9.03. The van der Waals surface area contributed by atoms with Gasteiger partial charge in [-0.3, -0.25) is 19.7 Å². The van der Waals surface area contributed by atoms with Crippen LogP contribution in [0.3, 0.4) is 0 Å². The molecule has 0 fully saturated rings. The predicted molar refractivity (Wildman–Crippen MR) is 111 cm³/mol. The van der Waals surface area contributed by atoms with Crippen molar-refractivity contribution >= 4 is 28.9 Å². The fraction of sp³-hybridized carbons (Fsp3) is 0.0909. The van der Waals surface area contributed by atoms with Crippen LogP contribution in [-0.2, 0) is 0 Å². The zero-order valence-corrected chi connectivity index (χ0v) is 15.7. The molecule has 0 spiro atoms. The summed E-state index contributed by atoms with van der Waals surface area (Å²) in [4.78, 5) is 38.0. The molecule has 7 heteroatoms. The van der Waals surface area contributed by atoms with E-state index in [-0.39, 0.29) is 22.8 Å². The molecule has 3 aromatic rings. The fourth-order valence-corrected chi connectivity index (χ4v) is 2.99. The lowest BCUT2D eigenvalue weighted by molar-refractivity contribution is -0.385. The Hall–Kier alpha value is -4.00. The molecule has 0 saturated carbocycles. The smallest absolute Gasteiger partial charge is 0.282 e. The quantitative estimate of drug-likeness (QED) is 0.496. The predicted octanol–water partition coefficient (Wildman–Crippen LogP) is 4.51. The number of para-hydroxylation sites is 3. The van der Waals surface area contributed by atoms with Gasteiger partial charge in [-0.25, -0.2) is 0 Å². The standard InChI is InChI=1S/C22H19N3O4/c1-2-24(16-10-4-3-5-11-16)22(27)17-12-6-8-14-19(17)23-21(26)18-13-7-9-15-20(18)25(28)29/h3-15H,2H2,1H3,(H,23,26). The Morgan fingerprint density at radius 3 is 2.14 bits per heavy atom. The molecule has 7 nitrogen and oxygen atoms in total. The SMILES string of the molecule is CCN(C(=O)c1ccccc1NC(=O)c1ccccc1[N+](=O)[O-])c1ccccc1. The van der Waals surface area contributed by atoms with Crippen LogP contribution in [0.15, 0.2) is 78.9 Å². The maximum atomic E-state index is 13.2. The number of carbonyl (C=O) groups is 2. The molecule has 0 aliphatic carbocycles. The lowest BCUT2D eigenvalue weighted by Crippen LogP contribution is -2.31. The summed E-state index contributed by atoms with van der Waals surface area (Å²) >= 11 is 0. The van der Waals surface area contributed by atoms with Gasteiger partial charge in [-0.2, -0.15) is 0 Å². The van der Waals surface area contributed by atoms with Crippen molar-refractivity contribution in [1.82, 2.24) is 0 Å². The van der Waals surface area contributed by atoms with Crippen LogP contribution >= 0.6 is 0 Å². The lowest BCUT2D eigenvalue weighted by Gasteiger charge is -2.22. The number of rotatable bonds is 6. The Labute approximate surface area is 167 Å². The van der Waals surface area contributed by atoms with Crippen molar-refractivity contribution < 1.29 is 14.5 Å². The van der Waals surface area contributed by atoms with E-state index in [0.29, 0.717) is 12.1 Å². The van der Waals surface area contributed by atoms with Gasteiger partial charge >= 0.3 is 0 Å². The molecule has 0 aliphatic heterocycles. The van der Waals surface area contributed by atoms with Crippen LogP contribution in [0.5, 0.6) is 0 Å². The van der Waals surface area contributed by atoms with Gasteiger partial charge in [0.15, 0.2) is 0 Å². The first kappa shape index (κ1) is 19.8. The van der Waals surface area contributed by atoms with Gasteiger partial charge in [0.05, 0.1) is 16.2 Å². The van der Waals surface area contributed by atoms with Gasteiger partial charge in [0.25, 0.3) is 17.5 Å². The van der Waals surface area contributed by atoms with Crippen LogP contribution in [0, 0.1) is 10.1 Å². The van der Waals surface area contributed by atoms with E-state index in [4.69, 9.17) is 0 Å². The minimum Gasteiger partial charge on any atom is -0.321 e. The van der Waals surface area contributed by atoms with Gasteiger partial charge < -0.3 is 10.2 Å². The number of nitrogens with zero attached hydrogens (tertiary/aromatic N) is 2. The van der Waals surface area contributed by atoms with Crippen molar-refractivity contribution in [2.24, 2.45) is 0 Å². The summed E-state index contributed by atoms with van der Waals surface area (Å²) in [6, 6.07) is 21.5.